The van der Waals surface area contributed by atoms with E-state index in [0.29, 0.717) is 11.3 Å². The highest BCUT2D eigenvalue weighted by Crippen LogP contribution is 2.14. The van der Waals surface area contributed by atoms with Gasteiger partial charge in [0.2, 0.25) is 0 Å². The molecule has 0 fully saturated rings. The lowest BCUT2D eigenvalue weighted by Crippen LogP contribution is -2.11. The Morgan fingerprint density at radius 2 is 1.79 bits per heavy atom. The lowest BCUT2D eigenvalue weighted by molar-refractivity contribution is 0.102. The second-order valence-electron chi connectivity index (χ2n) is 5.36. The first kappa shape index (κ1) is 15.9. The Kier molecular flexibility index (Phi) is 4.96. The first-order valence-corrected chi connectivity index (χ1v) is 7.62. The Labute approximate surface area is 139 Å². The fraction of sp³-hybridized carbons (Fsp3) is 0.167. The number of pyridine rings is 1. The van der Waals surface area contributed by atoms with Crippen molar-refractivity contribution in [2.75, 3.05) is 12.0 Å². The molecule has 0 saturated carbocycles. The van der Waals surface area contributed by atoms with Gasteiger partial charge in [0.05, 0.1) is 18.3 Å². The standard InChI is InChI=1S/C18H17FN4O/c19-7-10-23-13-16(12-21-23)18(24)22-17-3-1-14(2-4-17)11-15-5-8-20-9-6-15/h1-6,8-9,12-13H,7,10-11H2,(H,22,24). The predicted octanol–water partition coefficient (Wildman–Crippen LogP) is 3.09. The molecule has 0 aliphatic heterocycles. The molecule has 0 atom stereocenters. The van der Waals surface area contributed by atoms with Crippen molar-refractivity contribution in [3.63, 3.8) is 0 Å². The summed E-state index contributed by atoms with van der Waals surface area (Å²) < 4.78 is 13.7. The molecule has 0 saturated heterocycles. The van der Waals surface area contributed by atoms with Crippen molar-refractivity contribution >= 4 is 11.6 Å². The first-order chi connectivity index (χ1) is 11.7. The lowest BCUT2D eigenvalue weighted by atomic mass is 10.1. The van der Waals surface area contributed by atoms with Crippen molar-refractivity contribution < 1.29 is 9.18 Å². The van der Waals surface area contributed by atoms with Crippen LogP contribution < -0.4 is 5.32 Å². The number of benzene rings is 1. The van der Waals surface area contributed by atoms with Crippen LogP contribution in [0.2, 0.25) is 0 Å². The monoisotopic (exact) mass is 324 g/mol. The molecule has 3 aromatic rings. The van der Waals surface area contributed by atoms with Gasteiger partial charge in [-0.15, -0.1) is 0 Å². The fourth-order valence-corrected chi connectivity index (χ4v) is 2.34. The molecule has 2 aromatic heterocycles. The highest BCUT2D eigenvalue weighted by molar-refractivity contribution is 6.03. The van der Waals surface area contributed by atoms with E-state index in [2.05, 4.69) is 15.4 Å². The molecule has 1 aromatic carbocycles. The van der Waals surface area contributed by atoms with Crippen molar-refractivity contribution in [1.82, 2.24) is 14.8 Å². The minimum Gasteiger partial charge on any atom is -0.322 e. The second-order valence-corrected chi connectivity index (χ2v) is 5.36. The van der Waals surface area contributed by atoms with E-state index in [1.165, 1.54) is 22.6 Å². The third-order valence-electron chi connectivity index (χ3n) is 3.58. The Morgan fingerprint density at radius 1 is 1.08 bits per heavy atom. The molecular weight excluding hydrogens is 307 g/mol. The Bertz CT molecular complexity index is 799. The summed E-state index contributed by atoms with van der Waals surface area (Å²) in [5.74, 6) is -0.262. The summed E-state index contributed by atoms with van der Waals surface area (Å²) in [5.41, 5.74) is 3.44. The smallest absolute Gasteiger partial charge is 0.258 e. The summed E-state index contributed by atoms with van der Waals surface area (Å²) in [6.45, 7) is -0.362. The van der Waals surface area contributed by atoms with Gasteiger partial charge >= 0.3 is 0 Å². The molecule has 0 spiro atoms. The van der Waals surface area contributed by atoms with Crippen LogP contribution in [0.1, 0.15) is 21.5 Å². The van der Waals surface area contributed by atoms with Gasteiger partial charge in [0.15, 0.2) is 0 Å². The topological polar surface area (TPSA) is 59.8 Å². The van der Waals surface area contributed by atoms with Gasteiger partial charge in [-0.3, -0.25) is 14.5 Å². The normalized spacial score (nSPS) is 10.5. The molecule has 3 rings (SSSR count). The molecule has 1 amide bonds. The van der Waals surface area contributed by atoms with Gasteiger partial charge in [0.25, 0.3) is 5.91 Å². The zero-order valence-electron chi connectivity index (χ0n) is 13.0. The van der Waals surface area contributed by atoms with E-state index in [1.54, 1.807) is 12.4 Å². The summed E-state index contributed by atoms with van der Waals surface area (Å²) in [7, 11) is 0. The van der Waals surface area contributed by atoms with Crippen molar-refractivity contribution in [3.05, 3.63) is 77.9 Å². The van der Waals surface area contributed by atoms with Crippen LogP contribution in [-0.4, -0.2) is 27.3 Å². The number of amides is 1. The lowest BCUT2D eigenvalue weighted by Gasteiger charge is -2.06. The average molecular weight is 324 g/mol. The van der Waals surface area contributed by atoms with Crippen LogP contribution in [-0.2, 0) is 13.0 Å². The molecule has 0 bridgehead atoms. The van der Waals surface area contributed by atoms with Crippen molar-refractivity contribution in [2.24, 2.45) is 0 Å². The molecule has 1 N–H and O–H groups in total. The van der Waals surface area contributed by atoms with Crippen LogP contribution in [0.3, 0.4) is 0 Å². The summed E-state index contributed by atoms with van der Waals surface area (Å²) in [6.07, 6.45) is 7.32. The Hall–Kier alpha value is -3.02. The van der Waals surface area contributed by atoms with E-state index < -0.39 is 6.67 Å². The zero-order chi connectivity index (χ0) is 16.8. The fourth-order valence-electron chi connectivity index (χ4n) is 2.34. The molecule has 0 aliphatic carbocycles. The number of alkyl halides is 1. The first-order valence-electron chi connectivity index (χ1n) is 7.62. The summed E-state index contributed by atoms with van der Waals surface area (Å²) in [6, 6.07) is 11.6. The van der Waals surface area contributed by atoms with E-state index in [4.69, 9.17) is 0 Å². The maximum absolute atomic E-state index is 12.3. The number of rotatable bonds is 6. The van der Waals surface area contributed by atoms with Gasteiger partial charge in [-0.25, -0.2) is 4.39 Å². The van der Waals surface area contributed by atoms with Crippen LogP contribution in [0.4, 0.5) is 10.1 Å². The number of carbonyl (C=O) groups is 1. The SMILES string of the molecule is O=C(Nc1ccc(Cc2ccncc2)cc1)c1cnn(CCF)c1. The number of nitrogens with zero attached hydrogens (tertiary/aromatic N) is 3. The second kappa shape index (κ2) is 7.50. The van der Waals surface area contributed by atoms with Crippen LogP contribution >= 0.6 is 0 Å². The van der Waals surface area contributed by atoms with E-state index >= 15 is 0 Å². The van der Waals surface area contributed by atoms with E-state index in [-0.39, 0.29) is 12.5 Å². The molecule has 24 heavy (non-hydrogen) atoms. The van der Waals surface area contributed by atoms with Crippen LogP contribution in [0, 0.1) is 0 Å². The van der Waals surface area contributed by atoms with Gasteiger partial charge in [-0.1, -0.05) is 12.1 Å². The summed E-state index contributed by atoms with van der Waals surface area (Å²) in [5, 5.41) is 6.75. The molecule has 0 unspecified atom stereocenters. The van der Waals surface area contributed by atoms with Crippen molar-refractivity contribution in [2.45, 2.75) is 13.0 Å². The van der Waals surface area contributed by atoms with Gasteiger partial charge in [-0.2, -0.15) is 5.10 Å². The van der Waals surface area contributed by atoms with Gasteiger partial charge < -0.3 is 5.32 Å². The molecule has 0 aliphatic rings. The van der Waals surface area contributed by atoms with E-state index in [1.807, 2.05) is 36.4 Å². The largest absolute Gasteiger partial charge is 0.322 e. The number of nitrogens with one attached hydrogen (secondary N) is 1. The maximum Gasteiger partial charge on any atom is 0.258 e. The zero-order valence-corrected chi connectivity index (χ0v) is 13.0. The summed E-state index contributed by atoms with van der Waals surface area (Å²) in [4.78, 5) is 16.1. The Morgan fingerprint density at radius 3 is 2.50 bits per heavy atom. The number of hydrogen-bond acceptors (Lipinski definition) is 3. The summed E-state index contributed by atoms with van der Waals surface area (Å²) >= 11 is 0. The predicted molar refractivity (Wildman–Crippen MR) is 89.6 cm³/mol. The van der Waals surface area contributed by atoms with Gasteiger partial charge in [0, 0.05) is 24.3 Å². The Balaban J connectivity index is 1.62. The molecule has 0 radical (unpaired) electrons. The van der Waals surface area contributed by atoms with Gasteiger partial charge in [-0.05, 0) is 41.8 Å². The number of halogens is 1. The van der Waals surface area contributed by atoms with Crippen LogP contribution in [0.5, 0.6) is 0 Å². The number of aromatic nitrogens is 3. The number of carbonyl (C=O) groups excluding carboxylic acids is 1. The number of aryl methyl sites for hydroxylation is 1. The van der Waals surface area contributed by atoms with Crippen molar-refractivity contribution in [1.29, 1.82) is 0 Å². The molecule has 122 valence electrons. The van der Waals surface area contributed by atoms with Crippen LogP contribution in [0.15, 0.2) is 61.2 Å². The molecule has 5 nitrogen and oxygen atoms in total. The quantitative estimate of drug-likeness (QED) is 0.758. The van der Waals surface area contributed by atoms with Crippen molar-refractivity contribution in [3.8, 4) is 0 Å². The third kappa shape index (κ3) is 4.04. The highest BCUT2D eigenvalue weighted by atomic mass is 19.1. The molecule has 6 heteroatoms. The van der Waals surface area contributed by atoms with Gasteiger partial charge in [0.1, 0.15) is 6.67 Å². The third-order valence-corrected chi connectivity index (χ3v) is 3.58. The van der Waals surface area contributed by atoms with E-state index in [0.717, 1.165) is 12.0 Å². The number of anilines is 1. The maximum atomic E-state index is 12.3. The number of hydrogen-bond donors (Lipinski definition) is 1. The van der Waals surface area contributed by atoms with E-state index in [9.17, 15) is 9.18 Å². The average Bonchev–Trinajstić information content (AvgIpc) is 3.07. The minimum absolute atomic E-state index is 0.150. The van der Waals surface area contributed by atoms with Crippen LogP contribution in [0.25, 0.3) is 0 Å². The molecular formula is C18H17FN4O. The molecule has 2 heterocycles. The minimum atomic E-state index is -0.512. The highest BCUT2D eigenvalue weighted by Gasteiger charge is 2.09.